The number of aryl methyl sites for hydroxylation is 2. The maximum Gasteiger partial charge on any atom is 0.300 e. The van der Waals surface area contributed by atoms with E-state index in [9.17, 15) is 14.7 Å². The van der Waals surface area contributed by atoms with Crippen LogP contribution < -0.4 is 9.64 Å². The van der Waals surface area contributed by atoms with Crippen molar-refractivity contribution in [2.24, 2.45) is 0 Å². The van der Waals surface area contributed by atoms with Crippen LogP contribution in [0.25, 0.3) is 5.76 Å². The maximum absolute atomic E-state index is 13.4. The van der Waals surface area contributed by atoms with Gasteiger partial charge in [0.25, 0.3) is 11.7 Å². The van der Waals surface area contributed by atoms with Gasteiger partial charge in [0.1, 0.15) is 24.2 Å². The van der Waals surface area contributed by atoms with E-state index < -0.39 is 17.7 Å². The highest BCUT2D eigenvalue weighted by Gasteiger charge is 2.48. The molecular formula is C31H25ClN2O4. The number of pyridine rings is 1. The minimum atomic E-state index is -0.912. The summed E-state index contributed by atoms with van der Waals surface area (Å²) in [5, 5.41) is 11.9. The van der Waals surface area contributed by atoms with Crippen molar-refractivity contribution in [3.8, 4) is 5.75 Å². The smallest absolute Gasteiger partial charge is 0.300 e. The van der Waals surface area contributed by atoms with Gasteiger partial charge in [0.2, 0.25) is 0 Å². The molecule has 1 amide bonds. The number of aromatic nitrogens is 1. The zero-order valence-corrected chi connectivity index (χ0v) is 21.6. The van der Waals surface area contributed by atoms with Crippen molar-refractivity contribution >= 4 is 34.7 Å². The molecule has 6 nitrogen and oxygen atoms in total. The number of ether oxygens (including phenoxy) is 1. The quantitative estimate of drug-likeness (QED) is 0.175. The van der Waals surface area contributed by atoms with E-state index in [0.29, 0.717) is 34.3 Å². The van der Waals surface area contributed by atoms with Crippen LogP contribution >= 0.6 is 11.6 Å². The van der Waals surface area contributed by atoms with Crippen molar-refractivity contribution in [2.75, 3.05) is 4.90 Å². The molecule has 2 heterocycles. The largest absolute Gasteiger partial charge is 0.507 e. The molecule has 0 spiro atoms. The van der Waals surface area contributed by atoms with Gasteiger partial charge in [-0.2, -0.15) is 0 Å². The molecule has 5 rings (SSSR count). The number of hydrogen-bond donors (Lipinski definition) is 1. The molecule has 1 aromatic heterocycles. The van der Waals surface area contributed by atoms with Crippen molar-refractivity contribution in [1.29, 1.82) is 0 Å². The number of carbonyl (C=O) groups excluding carboxylic acids is 2. The third-order valence-electron chi connectivity index (χ3n) is 6.52. The van der Waals surface area contributed by atoms with Crippen LogP contribution in [0.3, 0.4) is 0 Å². The summed E-state index contributed by atoms with van der Waals surface area (Å²) in [6.45, 7) is 4.08. The van der Waals surface area contributed by atoms with Crippen molar-refractivity contribution in [3.63, 3.8) is 0 Å². The average Bonchev–Trinajstić information content (AvgIpc) is 3.18. The number of aliphatic hydroxyl groups excluding tert-OH is 1. The first-order chi connectivity index (χ1) is 18.3. The fraction of sp³-hybridized carbons (Fsp3) is 0.129. The lowest BCUT2D eigenvalue weighted by atomic mass is 9.97. The first kappa shape index (κ1) is 25.2. The van der Waals surface area contributed by atoms with Crippen molar-refractivity contribution < 1.29 is 19.4 Å². The minimum absolute atomic E-state index is 0.0274. The molecule has 1 saturated heterocycles. The third-order valence-corrected chi connectivity index (χ3v) is 6.75. The van der Waals surface area contributed by atoms with Gasteiger partial charge in [0.05, 0.1) is 11.3 Å². The molecule has 0 radical (unpaired) electrons. The Morgan fingerprint density at radius 2 is 1.71 bits per heavy atom. The van der Waals surface area contributed by atoms with Crippen LogP contribution in [0.2, 0.25) is 5.02 Å². The van der Waals surface area contributed by atoms with Gasteiger partial charge in [0, 0.05) is 22.5 Å². The fourth-order valence-corrected chi connectivity index (χ4v) is 4.86. The molecule has 0 bridgehead atoms. The summed E-state index contributed by atoms with van der Waals surface area (Å²) in [6.07, 6.45) is 1.59. The number of amides is 1. The van der Waals surface area contributed by atoms with E-state index in [-0.39, 0.29) is 11.3 Å². The Bertz CT molecular complexity index is 1550. The van der Waals surface area contributed by atoms with Gasteiger partial charge in [-0.25, -0.2) is 0 Å². The number of rotatable bonds is 6. The minimum Gasteiger partial charge on any atom is -0.507 e. The monoisotopic (exact) mass is 524 g/mol. The number of Topliss-reactive ketones (excluding diaryl/α,β-unsaturated/α-hetero) is 1. The van der Waals surface area contributed by atoms with Crippen molar-refractivity contribution in [1.82, 2.24) is 4.98 Å². The number of hydrogen-bond acceptors (Lipinski definition) is 5. The van der Waals surface area contributed by atoms with Gasteiger partial charge >= 0.3 is 0 Å². The number of halogens is 1. The van der Waals surface area contributed by atoms with E-state index in [1.807, 2.05) is 44.2 Å². The molecule has 4 aromatic rings. The van der Waals surface area contributed by atoms with Crippen LogP contribution in [-0.2, 0) is 16.2 Å². The SMILES string of the molecule is Cc1cc(/C(O)=C2\C(=O)C(=O)N(c3ccc(Cl)cc3C)C2c2ccccn2)ccc1OCc1ccccc1. The zero-order valence-electron chi connectivity index (χ0n) is 20.9. The normalized spacial score (nSPS) is 16.6. The van der Waals surface area contributed by atoms with E-state index in [1.54, 1.807) is 60.8 Å². The van der Waals surface area contributed by atoms with E-state index in [4.69, 9.17) is 16.3 Å². The van der Waals surface area contributed by atoms with E-state index in [0.717, 1.165) is 16.7 Å². The Morgan fingerprint density at radius 1 is 0.947 bits per heavy atom. The molecule has 190 valence electrons. The molecule has 1 aliphatic heterocycles. The van der Waals surface area contributed by atoms with Gasteiger partial charge in [-0.3, -0.25) is 19.5 Å². The predicted octanol–water partition coefficient (Wildman–Crippen LogP) is 6.56. The topological polar surface area (TPSA) is 79.7 Å². The lowest BCUT2D eigenvalue weighted by molar-refractivity contribution is -0.132. The van der Waals surface area contributed by atoms with Gasteiger partial charge < -0.3 is 9.84 Å². The Labute approximate surface area is 225 Å². The molecule has 7 heteroatoms. The Balaban J connectivity index is 1.56. The molecule has 1 unspecified atom stereocenters. The standard InChI is InChI=1S/C31H25ClN2O4/c1-19-17-23(32)12-13-25(19)34-28(24-10-6-7-15-33-24)27(30(36)31(34)37)29(35)22-11-14-26(20(2)16-22)38-18-21-8-4-3-5-9-21/h3-17,28,35H,18H2,1-2H3/b29-27+. The first-order valence-corrected chi connectivity index (χ1v) is 12.5. The first-order valence-electron chi connectivity index (χ1n) is 12.1. The summed E-state index contributed by atoms with van der Waals surface area (Å²) < 4.78 is 5.96. The average molecular weight is 525 g/mol. The molecule has 1 N–H and O–H groups in total. The molecule has 1 fully saturated rings. The molecule has 0 aliphatic carbocycles. The summed E-state index contributed by atoms with van der Waals surface area (Å²) in [5.41, 5.74) is 3.89. The van der Waals surface area contributed by atoms with Crippen LogP contribution in [0.15, 0.2) is 96.7 Å². The lowest BCUT2D eigenvalue weighted by Crippen LogP contribution is -2.30. The molecule has 1 atom stereocenters. The molecule has 38 heavy (non-hydrogen) atoms. The van der Waals surface area contributed by atoms with Crippen LogP contribution in [0.4, 0.5) is 5.69 Å². The lowest BCUT2D eigenvalue weighted by Gasteiger charge is -2.26. The van der Waals surface area contributed by atoms with Gasteiger partial charge in [-0.15, -0.1) is 0 Å². The highest BCUT2D eigenvalue weighted by molar-refractivity contribution is 6.51. The van der Waals surface area contributed by atoms with E-state index >= 15 is 0 Å². The number of nitrogens with zero attached hydrogens (tertiary/aromatic N) is 2. The highest BCUT2D eigenvalue weighted by Crippen LogP contribution is 2.43. The Hall–Kier alpha value is -4.42. The number of carbonyl (C=O) groups is 2. The van der Waals surface area contributed by atoms with Crippen molar-refractivity contribution in [3.05, 3.63) is 130 Å². The van der Waals surface area contributed by atoms with Crippen LogP contribution in [0, 0.1) is 13.8 Å². The van der Waals surface area contributed by atoms with Crippen molar-refractivity contribution in [2.45, 2.75) is 26.5 Å². The molecule has 3 aromatic carbocycles. The third kappa shape index (κ3) is 4.78. The summed E-state index contributed by atoms with van der Waals surface area (Å²) >= 11 is 6.14. The number of benzene rings is 3. The van der Waals surface area contributed by atoms with Gasteiger partial charge in [0.15, 0.2) is 0 Å². The second-order valence-corrected chi connectivity index (χ2v) is 9.55. The fourth-order valence-electron chi connectivity index (χ4n) is 4.64. The molecule has 1 aliphatic rings. The number of aliphatic hydroxyl groups is 1. The summed E-state index contributed by atoms with van der Waals surface area (Å²) in [4.78, 5) is 32.6. The molecular weight excluding hydrogens is 500 g/mol. The summed E-state index contributed by atoms with van der Waals surface area (Å²) in [6, 6.07) is 24.4. The number of ketones is 1. The number of anilines is 1. The summed E-state index contributed by atoms with van der Waals surface area (Å²) in [7, 11) is 0. The molecule has 0 saturated carbocycles. The van der Waals surface area contributed by atoms with E-state index in [1.165, 1.54) is 4.90 Å². The van der Waals surface area contributed by atoms with Crippen LogP contribution in [0.1, 0.15) is 34.0 Å². The predicted molar refractivity (Wildman–Crippen MR) is 147 cm³/mol. The second kappa shape index (κ2) is 10.5. The van der Waals surface area contributed by atoms with Crippen LogP contribution in [0.5, 0.6) is 5.75 Å². The Morgan fingerprint density at radius 3 is 2.39 bits per heavy atom. The maximum atomic E-state index is 13.4. The Kier molecular flexibility index (Phi) is 6.99. The zero-order chi connectivity index (χ0) is 26.8. The second-order valence-electron chi connectivity index (χ2n) is 9.11. The highest BCUT2D eigenvalue weighted by atomic mass is 35.5. The van der Waals surface area contributed by atoms with Crippen LogP contribution in [-0.4, -0.2) is 21.8 Å². The van der Waals surface area contributed by atoms with Gasteiger partial charge in [-0.1, -0.05) is 48.0 Å². The van der Waals surface area contributed by atoms with E-state index in [2.05, 4.69) is 4.98 Å². The summed E-state index contributed by atoms with van der Waals surface area (Å²) in [5.74, 6) is -1.14. The van der Waals surface area contributed by atoms with Gasteiger partial charge in [-0.05, 0) is 79.1 Å².